The van der Waals surface area contributed by atoms with Crippen LogP contribution in [0.1, 0.15) is 11.3 Å². The third kappa shape index (κ3) is 1.33. The van der Waals surface area contributed by atoms with Crippen molar-refractivity contribution in [1.82, 2.24) is 9.72 Å². The Morgan fingerprint density at radius 1 is 1.38 bits per heavy atom. The predicted octanol–water partition coefficient (Wildman–Crippen LogP) is 1.97. The van der Waals surface area contributed by atoms with E-state index in [1.807, 2.05) is 7.05 Å². The van der Waals surface area contributed by atoms with Gasteiger partial charge in [0.15, 0.2) is 0 Å². The lowest BCUT2D eigenvalue weighted by Gasteiger charge is -2.02. The lowest BCUT2D eigenvalue weighted by atomic mass is 10.2. The second-order valence-corrected chi connectivity index (χ2v) is 3.30. The number of nitrogens with zero attached hydrogens (tertiary/aromatic N) is 1. The second-order valence-electron chi connectivity index (χ2n) is 3.30. The van der Waals surface area contributed by atoms with Gasteiger partial charge in [0, 0.05) is 24.0 Å². The van der Waals surface area contributed by atoms with Crippen LogP contribution >= 0.6 is 0 Å². The molecule has 13 heavy (non-hydrogen) atoms. The van der Waals surface area contributed by atoms with E-state index in [1.54, 1.807) is 0 Å². The molecule has 0 atom stereocenters. The van der Waals surface area contributed by atoms with Crippen LogP contribution in [0.3, 0.4) is 0 Å². The van der Waals surface area contributed by atoms with Gasteiger partial charge in [-0.15, -0.1) is 0 Å². The molecule has 2 nitrogen and oxygen atoms in total. The minimum atomic E-state index is 0.921. The highest BCUT2D eigenvalue weighted by atomic mass is 14.9. The van der Waals surface area contributed by atoms with E-state index in [0.29, 0.717) is 0 Å². The van der Waals surface area contributed by atoms with Gasteiger partial charge in [0.25, 0.3) is 0 Å². The SMILES string of the molecule is CNCc1c(C)cc2ccccn12. The molecule has 0 unspecified atom stereocenters. The molecule has 2 aromatic heterocycles. The van der Waals surface area contributed by atoms with Crippen molar-refractivity contribution < 1.29 is 0 Å². The van der Waals surface area contributed by atoms with Crippen molar-refractivity contribution in [2.75, 3.05) is 7.05 Å². The number of hydrogen-bond acceptors (Lipinski definition) is 1. The summed E-state index contributed by atoms with van der Waals surface area (Å²) in [5, 5.41) is 3.18. The maximum Gasteiger partial charge on any atom is 0.0456 e. The van der Waals surface area contributed by atoms with E-state index in [4.69, 9.17) is 0 Å². The summed E-state index contributed by atoms with van der Waals surface area (Å²) < 4.78 is 2.23. The Morgan fingerprint density at radius 3 is 3.00 bits per heavy atom. The minimum Gasteiger partial charge on any atom is -0.319 e. The molecule has 0 saturated carbocycles. The summed E-state index contributed by atoms with van der Waals surface area (Å²) in [6.07, 6.45) is 2.11. The molecule has 0 amide bonds. The molecule has 0 aliphatic heterocycles. The maximum atomic E-state index is 3.18. The summed E-state index contributed by atoms with van der Waals surface area (Å²) in [6, 6.07) is 8.47. The van der Waals surface area contributed by atoms with E-state index in [2.05, 4.69) is 47.1 Å². The number of aryl methyl sites for hydroxylation is 1. The molecule has 0 aromatic carbocycles. The molecule has 2 heterocycles. The van der Waals surface area contributed by atoms with E-state index in [9.17, 15) is 0 Å². The third-order valence-electron chi connectivity index (χ3n) is 2.35. The molecule has 1 N–H and O–H groups in total. The number of pyridine rings is 1. The molecular formula is C11H14N2. The molecular weight excluding hydrogens is 160 g/mol. The summed E-state index contributed by atoms with van der Waals surface area (Å²) in [7, 11) is 1.97. The molecule has 0 radical (unpaired) electrons. The number of fused-ring (bicyclic) bond motifs is 1. The average molecular weight is 174 g/mol. The van der Waals surface area contributed by atoms with Crippen LogP contribution in [-0.4, -0.2) is 11.4 Å². The smallest absolute Gasteiger partial charge is 0.0456 e. The fraction of sp³-hybridized carbons (Fsp3) is 0.273. The van der Waals surface area contributed by atoms with Crippen LogP contribution in [0.25, 0.3) is 5.52 Å². The summed E-state index contributed by atoms with van der Waals surface area (Å²) in [4.78, 5) is 0. The number of nitrogens with one attached hydrogen (secondary N) is 1. The molecule has 0 spiro atoms. The van der Waals surface area contributed by atoms with Crippen molar-refractivity contribution in [3.8, 4) is 0 Å². The minimum absolute atomic E-state index is 0.921. The van der Waals surface area contributed by atoms with Crippen molar-refractivity contribution in [1.29, 1.82) is 0 Å². The van der Waals surface area contributed by atoms with E-state index in [1.165, 1.54) is 16.8 Å². The first-order valence-corrected chi connectivity index (χ1v) is 4.53. The van der Waals surface area contributed by atoms with Gasteiger partial charge in [0.1, 0.15) is 0 Å². The number of hydrogen-bond donors (Lipinski definition) is 1. The van der Waals surface area contributed by atoms with Gasteiger partial charge in [-0.2, -0.15) is 0 Å². The zero-order valence-electron chi connectivity index (χ0n) is 8.04. The highest BCUT2D eigenvalue weighted by molar-refractivity contribution is 5.52. The highest BCUT2D eigenvalue weighted by Crippen LogP contribution is 2.15. The monoisotopic (exact) mass is 174 g/mol. The van der Waals surface area contributed by atoms with Crippen molar-refractivity contribution in [2.45, 2.75) is 13.5 Å². The Hall–Kier alpha value is -1.28. The van der Waals surface area contributed by atoms with Gasteiger partial charge in [-0.3, -0.25) is 0 Å². The fourth-order valence-electron chi connectivity index (χ4n) is 1.71. The fourth-order valence-corrected chi connectivity index (χ4v) is 1.71. The van der Waals surface area contributed by atoms with Crippen LogP contribution in [-0.2, 0) is 6.54 Å². The Kier molecular flexibility index (Phi) is 2.07. The molecule has 0 bridgehead atoms. The Morgan fingerprint density at radius 2 is 2.23 bits per heavy atom. The van der Waals surface area contributed by atoms with E-state index in [-0.39, 0.29) is 0 Å². The summed E-state index contributed by atoms with van der Waals surface area (Å²) in [5.74, 6) is 0. The lowest BCUT2D eigenvalue weighted by Crippen LogP contribution is -2.08. The Labute approximate surface area is 78.2 Å². The number of aromatic nitrogens is 1. The summed E-state index contributed by atoms with van der Waals surface area (Å²) in [6.45, 7) is 3.07. The van der Waals surface area contributed by atoms with Gasteiger partial charge < -0.3 is 9.72 Å². The second kappa shape index (κ2) is 3.23. The van der Waals surface area contributed by atoms with Crippen LogP contribution in [0.2, 0.25) is 0 Å². The van der Waals surface area contributed by atoms with Gasteiger partial charge in [-0.1, -0.05) is 6.07 Å². The summed E-state index contributed by atoms with van der Waals surface area (Å²) >= 11 is 0. The molecule has 0 aliphatic carbocycles. The van der Waals surface area contributed by atoms with Gasteiger partial charge in [-0.05, 0) is 37.7 Å². The Bertz CT molecular complexity index is 415. The van der Waals surface area contributed by atoms with E-state index >= 15 is 0 Å². The van der Waals surface area contributed by atoms with E-state index < -0.39 is 0 Å². The zero-order valence-corrected chi connectivity index (χ0v) is 8.04. The van der Waals surface area contributed by atoms with Crippen molar-refractivity contribution in [3.63, 3.8) is 0 Å². The lowest BCUT2D eigenvalue weighted by molar-refractivity contribution is 0.777. The van der Waals surface area contributed by atoms with Crippen molar-refractivity contribution in [3.05, 3.63) is 41.7 Å². The first-order valence-electron chi connectivity index (χ1n) is 4.53. The summed E-state index contributed by atoms with van der Waals surface area (Å²) in [5.41, 5.74) is 3.96. The van der Waals surface area contributed by atoms with Gasteiger partial charge in [0.05, 0.1) is 0 Å². The zero-order chi connectivity index (χ0) is 9.26. The number of rotatable bonds is 2. The van der Waals surface area contributed by atoms with Crippen LogP contribution < -0.4 is 5.32 Å². The highest BCUT2D eigenvalue weighted by Gasteiger charge is 2.03. The largest absolute Gasteiger partial charge is 0.319 e. The first-order chi connectivity index (χ1) is 6.33. The quantitative estimate of drug-likeness (QED) is 0.736. The van der Waals surface area contributed by atoms with Crippen LogP contribution in [0.5, 0.6) is 0 Å². The van der Waals surface area contributed by atoms with Crippen LogP contribution in [0.15, 0.2) is 30.5 Å². The van der Waals surface area contributed by atoms with Gasteiger partial charge in [-0.25, -0.2) is 0 Å². The molecule has 0 aliphatic rings. The van der Waals surface area contributed by atoms with Crippen molar-refractivity contribution >= 4 is 5.52 Å². The van der Waals surface area contributed by atoms with E-state index in [0.717, 1.165) is 6.54 Å². The molecule has 2 rings (SSSR count). The third-order valence-corrected chi connectivity index (χ3v) is 2.35. The molecule has 0 saturated heterocycles. The maximum absolute atomic E-state index is 3.18. The predicted molar refractivity (Wildman–Crippen MR) is 54.9 cm³/mol. The standard InChI is InChI=1S/C11H14N2/c1-9-7-10-5-3-4-6-13(10)11(9)8-12-2/h3-7,12H,8H2,1-2H3. The molecule has 2 heteroatoms. The normalized spacial score (nSPS) is 10.9. The van der Waals surface area contributed by atoms with Gasteiger partial charge >= 0.3 is 0 Å². The molecule has 2 aromatic rings. The van der Waals surface area contributed by atoms with Crippen LogP contribution in [0, 0.1) is 6.92 Å². The topological polar surface area (TPSA) is 16.4 Å². The van der Waals surface area contributed by atoms with Crippen LogP contribution in [0.4, 0.5) is 0 Å². The average Bonchev–Trinajstić information content (AvgIpc) is 2.44. The van der Waals surface area contributed by atoms with Gasteiger partial charge in [0.2, 0.25) is 0 Å². The molecule has 0 fully saturated rings. The Balaban J connectivity index is 2.64. The first kappa shape index (κ1) is 8.32. The molecule has 68 valence electrons. The van der Waals surface area contributed by atoms with Crippen molar-refractivity contribution in [2.24, 2.45) is 0 Å².